The third-order valence-electron chi connectivity index (χ3n) is 4.14. The molecule has 0 spiro atoms. The third-order valence-corrected chi connectivity index (χ3v) is 4.14. The Balaban J connectivity index is 1.42. The average molecular weight is 381 g/mol. The lowest BCUT2D eigenvalue weighted by atomic mass is 10.1. The molecule has 2 heterocycles. The van der Waals surface area contributed by atoms with Crippen LogP contribution in [0.4, 0.5) is 0 Å². The summed E-state index contributed by atoms with van der Waals surface area (Å²) in [7, 11) is 0. The van der Waals surface area contributed by atoms with Gasteiger partial charge in [0.15, 0.2) is 11.5 Å². The number of ketones is 1. The van der Waals surface area contributed by atoms with Crippen LogP contribution >= 0.6 is 0 Å². The van der Waals surface area contributed by atoms with E-state index in [1.807, 2.05) is 24.0 Å². The Morgan fingerprint density at radius 1 is 1.18 bits per heavy atom. The van der Waals surface area contributed by atoms with Crippen molar-refractivity contribution < 1.29 is 18.7 Å². The first-order valence-electron chi connectivity index (χ1n) is 9.11. The number of rotatable bonds is 9. The maximum absolute atomic E-state index is 12.1. The Hall–Kier alpha value is -3.35. The largest absolute Gasteiger partial charge is 0.486 e. The van der Waals surface area contributed by atoms with Crippen LogP contribution in [0.25, 0.3) is 0 Å². The molecule has 1 amide bonds. The second-order valence-electron chi connectivity index (χ2n) is 6.53. The summed E-state index contributed by atoms with van der Waals surface area (Å²) in [6.07, 6.45) is 4.55. The van der Waals surface area contributed by atoms with Gasteiger partial charge in [0.05, 0.1) is 6.20 Å². The molecule has 146 valence electrons. The standard InChI is InChI=1S/C21H23N3O4/c1-15-12-23-24(13-15)11-3-10-22-21(26)20-9-8-19(28-20)14-27-18-6-4-17(5-7-18)16(2)25/h4-9,12-13H,3,10-11,14H2,1-2H3,(H,22,26). The molecular weight excluding hydrogens is 358 g/mol. The number of carbonyl (C=O) groups is 2. The lowest BCUT2D eigenvalue weighted by Gasteiger charge is -2.05. The van der Waals surface area contributed by atoms with Gasteiger partial charge in [-0.2, -0.15) is 5.10 Å². The molecular formula is C21H23N3O4. The van der Waals surface area contributed by atoms with Gasteiger partial charge >= 0.3 is 0 Å². The topological polar surface area (TPSA) is 86.4 Å². The number of aromatic nitrogens is 2. The molecule has 2 aromatic heterocycles. The van der Waals surface area contributed by atoms with Crippen molar-refractivity contribution in [2.75, 3.05) is 6.54 Å². The fourth-order valence-corrected chi connectivity index (χ4v) is 2.64. The van der Waals surface area contributed by atoms with Gasteiger partial charge in [0.1, 0.15) is 18.1 Å². The molecule has 0 atom stereocenters. The van der Waals surface area contributed by atoms with Crippen LogP contribution in [0, 0.1) is 6.92 Å². The van der Waals surface area contributed by atoms with Crippen molar-refractivity contribution in [3.8, 4) is 5.75 Å². The third kappa shape index (κ3) is 5.33. The zero-order valence-corrected chi connectivity index (χ0v) is 16.0. The van der Waals surface area contributed by atoms with Crippen LogP contribution < -0.4 is 10.1 Å². The summed E-state index contributed by atoms with van der Waals surface area (Å²) in [5, 5.41) is 7.04. The molecule has 0 aliphatic heterocycles. The summed E-state index contributed by atoms with van der Waals surface area (Å²) >= 11 is 0. The number of Topliss-reactive ketones (excluding diaryl/α,β-unsaturated/α-hetero) is 1. The van der Waals surface area contributed by atoms with Crippen molar-refractivity contribution in [3.63, 3.8) is 0 Å². The molecule has 0 radical (unpaired) electrons. The minimum absolute atomic E-state index is 0.00738. The molecule has 0 bridgehead atoms. The van der Waals surface area contributed by atoms with Crippen LogP contribution in [0.15, 0.2) is 53.2 Å². The summed E-state index contributed by atoms with van der Waals surface area (Å²) in [6.45, 7) is 4.99. The predicted octanol–water partition coefficient (Wildman–Crippen LogP) is 3.39. The fourth-order valence-electron chi connectivity index (χ4n) is 2.64. The predicted molar refractivity (Wildman–Crippen MR) is 103 cm³/mol. The van der Waals surface area contributed by atoms with Gasteiger partial charge in [-0.3, -0.25) is 14.3 Å². The SMILES string of the molecule is CC(=O)c1ccc(OCc2ccc(C(=O)NCCCn3cc(C)cn3)o2)cc1. The smallest absolute Gasteiger partial charge is 0.286 e. The van der Waals surface area contributed by atoms with E-state index < -0.39 is 0 Å². The van der Waals surface area contributed by atoms with Crippen LogP contribution in [0.2, 0.25) is 0 Å². The van der Waals surface area contributed by atoms with Gasteiger partial charge in [-0.15, -0.1) is 0 Å². The minimum atomic E-state index is -0.256. The van der Waals surface area contributed by atoms with Crippen LogP contribution in [0.3, 0.4) is 0 Å². The van der Waals surface area contributed by atoms with Crippen molar-refractivity contribution >= 4 is 11.7 Å². The Kier molecular flexibility index (Phi) is 6.26. The first kappa shape index (κ1) is 19.4. The highest BCUT2D eigenvalue weighted by Gasteiger charge is 2.11. The highest BCUT2D eigenvalue weighted by atomic mass is 16.5. The minimum Gasteiger partial charge on any atom is -0.486 e. The molecule has 7 nitrogen and oxygen atoms in total. The number of furan rings is 1. The molecule has 1 N–H and O–H groups in total. The summed E-state index contributed by atoms with van der Waals surface area (Å²) in [5.41, 5.74) is 1.75. The molecule has 0 aliphatic rings. The van der Waals surface area contributed by atoms with E-state index in [1.165, 1.54) is 6.92 Å². The van der Waals surface area contributed by atoms with E-state index in [2.05, 4.69) is 10.4 Å². The van der Waals surface area contributed by atoms with Crippen molar-refractivity contribution in [2.24, 2.45) is 0 Å². The number of amides is 1. The number of hydrogen-bond acceptors (Lipinski definition) is 5. The summed E-state index contributed by atoms with van der Waals surface area (Å²) in [6, 6.07) is 10.2. The Labute approximate surface area is 163 Å². The molecule has 0 fully saturated rings. The molecule has 1 aromatic carbocycles. The van der Waals surface area contributed by atoms with Crippen LogP contribution in [-0.4, -0.2) is 28.0 Å². The highest BCUT2D eigenvalue weighted by molar-refractivity contribution is 5.94. The van der Waals surface area contributed by atoms with Gasteiger partial charge in [0, 0.05) is 24.8 Å². The number of aryl methyl sites for hydroxylation is 2. The number of nitrogens with zero attached hydrogens (tertiary/aromatic N) is 2. The van der Waals surface area contributed by atoms with Crippen molar-refractivity contribution in [1.29, 1.82) is 0 Å². The quantitative estimate of drug-likeness (QED) is 0.454. The molecule has 0 saturated carbocycles. The second-order valence-corrected chi connectivity index (χ2v) is 6.53. The first-order chi connectivity index (χ1) is 13.5. The molecule has 28 heavy (non-hydrogen) atoms. The number of ether oxygens (including phenoxy) is 1. The monoisotopic (exact) mass is 381 g/mol. The summed E-state index contributed by atoms with van der Waals surface area (Å²) < 4.78 is 13.0. The molecule has 0 saturated heterocycles. The van der Waals surface area contributed by atoms with E-state index in [9.17, 15) is 9.59 Å². The zero-order chi connectivity index (χ0) is 19.9. The zero-order valence-electron chi connectivity index (χ0n) is 16.0. The second kappa shape index (κ2) is 9.03. The maximum Gasteiger partial charge on any atom is 0.286 e. The van der Waals surface area contributed by atoms with Gasteiger partial charge in [-0.25, -0.2) is 0 Å². The first-order valence-corrected chi connectivity index (χ1v) is 9.11. The van der Waals surface area contributed by atoms with Gasteiger partial charge in [-0.05, 0) is 62.2 Å². The van der Waals surface area contributed by atoms with Gasteiger partial charge in [-0.1, -0.05) is 0 Å². The number of hydrogen-bond donors (Lipinski definition) is 1. The van der Waals surface area contributed by atoms with Crippen LogP contribution in [-0.2, 0) is 13.2 Å². The lowest BCUT2D eigenvalue weighted by Crippen LogP contribution is -2.24. The molecule has 0 aliphatic carbocycles. The van der Waals surface area contributed by atoms with Gasteiger partial charge < -0.3 is 14.5 Å². The normalized spacial score (nSPS) is 10.6. The highest BCUT2D eigenvalue weighted by Crippen LogP contribution is 2.16. The Morgan fingerprint density at radius 3 is 2.64 bits per heavy atom. The van der Waals surface area contributed by atoms with Crippen molar-refractivity contribution in [1.82, 2.24) is 15.1 Å². The molecule has 3 rings (SSSR count). The summed E-state index contributed by atoms with van der Waals surface area (Å²) in [4.78, 5) is 23.4. The van der Waals surface area contributed by atoms with E-state index in [0.717, 1.165) is 18.5 Å². The van der Waals surface area contributed by atoms with Crippen molar-refractivity contribution in [2.45, 2.75) is 33.4 Å². The van der Waals surface area contributed by atoms with E-state index in [-0.39, 0.29) is 24.1 Å². The van der Waals surface area contributed by atoms with Crippen molar-refractivity contribution in [3.05, 3.63) is 71.4 Å². The number of benzene rings is 1. The van der Waals surface area contributed by atoms with Gasteiger partial charge in [0.2, 0.25) is 0 Å². The van der Waals surface area contributed by atoms with E-state index in [0.29, 0.717) is 23.6 Å². The Morgan fingerprint density at radius 2 is 1.96 bits per heavy atom. The maximum atomic E-state index is 12.1. The average Bonchev–Trinajstić information content (AvgIpc) is 3.33. The Bertz CT molecular complexity index is 941. The van der Waals surface area contributed by atoms with Gasteiger partial charge in [0.25, 0.3) is 5.91 Å². The fraction of sp³-hybridized carbons (Fsp3) is 0.286. The number of carbonyl (C=O) groups excluding carboxylic acids is 2. The van der Waals surface area contributed by atoms with Crippen LogP contribution in [0.5, 0.6) is 5.75 Å². The summed E-state index contributed by atoms with van der Waals surface area (Å²) in [5.74, 6) is 1.18. The van der Waals surface area contributed by atoms with E-state index >= 15 is 0 Å². The van der Waals surface area contributed by atoms with E-state index in [4.69, 9.17) is 9.15 Å². The molecule has 7 heteroatoms. The molecule has 3 aromatic rings. The lowest BCUT2D eigenvalue weighted by molar-refractivity contribution is 0.0920. The number of nitrogens with one attached hydrogen (secondary N) is 1. The van der Waals surface area contributed by atoms with E-state index in [1.54, 1.807) is 36.4 Å². The van der Waals surface area contributed by atoms with Crippen LogP contribution in [0.1, 0.15) is 45.6 Å². The molecule has 0 unspecified atom stereocenters.